The second-order valence-electron chi connectivity index (χ2n) is 4.41. The molecule has 0 aromatic heterocycles. The molecule has 0 saturated carbocycles. The van der Waals surface area contributed by atoms with Crippen LogP contribution in [-0.4, -0.2) is 11.9 Å². The number of nitrogens with one attached hydrogen (secondary N) is 1. The molecule has 1 aromatic carbocycles. The highest BCUT2D eigenvalue weighted by molar-refractivity contribution is 5.91. The standard InChI is InChI=1S/C12H15F3N2O/c1-6(2)10(16)5-11(18)17-7-3-8(13)12(15)9(14)4-7/h3-4,6,10H,5,16H2,1-2H3,(H,17,18). The van der Waals surface area contributed by atoms with Gasteiger partial charge in [-0.3, -0.25) is 4.79 Å². The molecule has 0 spiro atoms. The SMILES string of the molecule is CC(C)C(N)CC(=O)Nc1cc(F)c(F)c(F)c1. The summed E-state index contributed by atoms with van der Waals surface area (Å²) in [6.07, 6.45) is 0.0261. The van der Waals surface area contributed by atoms with Crippen LogP contribution in [0.2, 0.25) is 0 Å². The van der Waals surface area contributed by atoms with Crippen molar-refractivity contribution in [1.29, 1.82) is 0 Å². The molecule has 0 aliphatic heterocycles. The van der Waals surface area contributed by atoms with Crippen molar-refractivity contribution in [1.82, 2.24) is 0 Å². The van der Waals surface area contributed by atoms with Crippen molar-refractivity contribution in [3.63, 3.8) is 0 Å². The van der Waals surface area contributed by atoms with Crippen molar-refractivity contribution in [2.24, 2.45) is 11.7 Å². The normalized spacial score (nSPS) is 12.6. The van der Waals surface area contributed by atoms with E-state index in [2.05, 4.69) is 5.32 Å². The van der Waals surface area contributed by atoms with E-state index < -0.39 is 23.4 Å². The third kappa shape index (κ3) is 3.73. The first-order valence-electron chi connectivity index (χ1n) is 5.51. The fraction of sp³-hybridized carbons (Fsp3) is 0.417. The Morgan fingerprint density at radius 2 is 1.78 bits per heavy atom. The van der Waals surface area contributed by atoms with Crippen LogP contribution >= 0.6 is 0 Å². The molecule has 1 atom stereocenters. The van der Waals surface area contributed by atoms with Crippen LogP contribution in [0.5, 0.6) is 0 Å². The molecule has 1 rings (SSSR count). The number of amides is 1. The molecule has 1 unspecified atom stereocenters. The summed E-state index contributed by atoms with van der Waals surface area (Å²) in [4.78, 5) is 11.5. The van der Waals surface area contributed by atoms with Gasteiger partial charge in [0.2, 0.25) is 5.91 Å². The largest absolute Gasteiger partial charge is 0.327 e. The van der Waals surface area contributed by atoms with E-state index in [1.807, 2.05) is 13.8 Å². The van der Waals surface area contributed by atoms with Gasteiger partial charge in [-0.1, -0.05) is 13.8 Å². The molecule has 3 N–H and O–H groups in total. The van der Waals surface area contributed by atoms with E-state index in [0.717, 1.165) is 12.1 Å². The summed E-state index contributed by atoms with van der Waals surface area (Å²) in [5, 5.41) is 2.27. The van der Waals surface area contributed by atoms with E-state index in [0.29, 0.717) is 0 Å². The Bertz CT molecular complexity index is 426. The Morgan fingerprint density at radius 1 is 1.28 bits per heavy atom. The molecule has 3 nitrogen and oxygen atoms in total. The summed E-state index contributed by atoms with van der Waals surface area (Å²) in [5.41, 5.74) is 5.55. The first-order valence-corrected chi connectivity index (χ1v) is 5.51. The molecular weight excluding hydrogens is 245 g/mol. The Hall–Kier alpha value is -1.56. The van der Waals surface area contributed by atoms with Gasteiger partial charge < -0.3 is 11.1 Å². The number of rotatable bonds is 4. The average Bonchev–Trinajstić information content (AvgIpc) is 2.25. The molecule has 1 amide bonds. The van der Waals surface area contributed by atoms with Crippen LogP contribution in [0.15, 0.2) is 12.1 Å². The van der Waals surface area contributed by atoms with Gasteiger partial charge in [0, 0.05) is 30.3 Å². The summed E-state index contributed by atoms with van der Waals surface area (Å²) in [6, 6.07) is 1.09. The first-order chi connectivity index (χ1) is 8.31. The second kappa shape index (κ2) is 5.86. The van der Waals surface area contributed by atoms with E-state index in [1.165, 1.54) is 0 Å². The highest BCUT2D eigenvalue weighted by atomic mass is 19.2. The molecule has 6 heteroatoms. The monoisotopic (exact) mass is 260 g/mol. The highest BCUT2D eigenvalue weighted by Gasteiger charge is 2.15. The lowest BCUT2D eigenvalue weighted by Crippen LogP contribution is -2.31. The van der Waals surface area contributed by atoms with Crippen molar-refractivity contribution in [3.8, 4) is 0 Å². The van der Waals surface area contributed by atoms with Gasteiger partial charge in [-0.25, -0.2) is 13.2 Å². The lowest BCUT2D eigenvalue weighted by atomic mass is 10.0. The first kappa shape index (κ1) is 14.5. The Morgan fingerprint density at radius 3 is 2.22 bits per heavy atom. The topological polar surface area (TPSA) is 55.1 Å². The summed E-state index contributed by atoms with van der Waals surface area (Å²) >= 11 is 0. The fourth-order valence-electron chi connectivity index (χ4n) is 1.29. The molecule has 0 fully saturated rings. The van der Waals surface area contributed by atoms with E-state index in [9.17, 15) is 18.0 Å². The fourth-order valence-corrected chi connectivity index (χ4v) is 1.29. The lowest BCUT2D eigenvalue weighted by Gasteiger charge is -2.15. The Balaban J connectivity index is 2.71. The minimum Gasteiger partial charge on any atom is -0.327 e. The summed E-state index contributed by atoms with van der Waals surface area (Å²) in [5.74, 6) is -4.62. The molecule has 100 valence electrons. The van der Waals surface area contributed by atoms with Crippen LogP contribution in [0.25, 0.3) is 0 Å². The highest BCUT2D eigenvalue weighted by Crippen LogP contribution is 2.17. The van der Waals surface area contributed by atoms with Crippen molar-refractivity contribution in [3.05, 3.63) is 29.6 Å². The smallest absolute Gasteiger partial charge is 0.225 e. The number of hydrogen-bond donors (Lipinski definition) is 2. The Kier molecular flexibility index (Phi) is 4.72. The van der Waals surface area contributed by atoms with Gasteiger partial charge in [0.05, 0.1) is 0 Å². The number of halogens is 3. The van der Waals surface area contributed by atoms with E-state index in [1.54, 1.807) is 0 Å². The maximum atomic E-state index is 12.9. The Labute approximate surface area is 103 Å². The maximum Gasteiger partial charge on any atom is 0.225 e. The lowest BCUT2D eigenvalue weighted by molar-refractivity contribution is -0.116. The number of nitrogens with two attached hydrogens (primary N) is 1. The van der Waals surface area contributed by atoms with Gasteiger partial charge in [0.1, 0.15) is 0 Å². The summed E-state index contributed by atoms with van der Waals surface area (Å²) in [6.45, 7) is 3.71. The van der Waals surface area contributed by atoms with Crippen LogP contribution < -0.4 is 11.1 Å². The molecule has 1 aromatic rings. The van der Waals surface area contributed by atoms with E-state index in [4.69, 9.17) is 5.73 Å². The molecule has 0 saturated heterocycles. The molecule has 0 aliphatic carbocycles. The third-order valence-electron chi connectivity index (χ3n) is 2.54. The van der Waals surface area contributed by atoms with Gasteiger partial charge in [-0.05, 0) is 5.92 Å². The number of benzene rings is 1. The quantitative estimate of drug-likeness (QED) is 0.817. The predicted molar refractivity (Wildman–Crippen MR) is 62.4 cm³/mol. The summed E-state index contributed by atoms with van der Waals surface area (Å²) in [7, 11) is 0. The van der Waals surface area contributed by atoms with Crippen molar-refractivity contribution in [2.45, 2.75) is 26.3 Å². The molecule has 0 radical (unpaired) electrons. The van der Waals surface area contributed by atoms with Gasteiger partial charge in [-0.2, -0.15) is 0 Å². The number of carbonyl (C=O) groups is 1. The second-order valence-corrected chi connectivity index (χ2v) is 4.41. The zero-order valence-electron chi connectivity index (χ0n) is 10.1. The molecule has 18 heavy (non-hydrogen) atoms. The summed E-state index contributed by atoms with van der Waals surface area (Å²) < 4.78 is 38.5. The molecule has 0 aliphatic rings. The molecule has 0 bridgehead atoms. The van der Waals surface area contributed by atoms with Gasteiger partial charge in [0.25, 0.3) is 0 Å². The van der Waals surface area contributed by atoms with Crippen molar-refractivity contribution in [2.75, 3.05) is 5.32 Å². The van der Waals surface area contributed by atoms with Crippen LogP contribution in [0.4, 0.5) is 18.9 Å². The molecular formula is C12H15F3N2O. The van der Waals surface area contributed by atoms with E-state index >= 15 is 0 Å². The van der Waals surface area contributed by atoms with Gasteiger partial charge >= 0.3 is 0 Å². The van der Waals surface area contributed by atoms with Crippen LogP contribution in [0.3, 0.4) is 0 Å². The zero-order valence-corrected chi connectivity index (χ0v) is 10.1. The minimum absolute atomic E-state index is 0.0261. The molecule has 0 heterocycles. The number of carbonyl (C=O) groups excluding carboxylic acids is 1. The predicted octanol–water partition coefficient (Wildman–Crippen LogP) is 2.42. The van der Waals surface area contributed by atoms with Gasteiger partial charge in [-0.15, -0.1) is 0 Å². The van der Waals surface area contributed by atoms with Crippen molar-refractivity contribution < 1.29 is 18.0 Å². The van der Waals surface area contributed by atoms with Crippen LogP contribution in [0, 0.1) is 23.4 Å². The number of anilines is 1. The minimum atomic E-state index is -1.56. The van der Waals surface area contributed by atoms with Crippen LogP contribution in [-0.2, 0) is 4.79 Å². The van der Waals surface area contributed by atoms with Crippen LogP contribution in [0.1, 0.15) is 20.3 Å². The third-order valence-corrected chi connectivity index (χ3v) is 2.54. The number of hydrogen-bond acceptors (Lipinski definition) is 2. The zero-order chi connectivity index (χ0) is 13.9. The van der Waals surface area contributed by atoms with Crippen molar-refractivity contribution >= 4 is 11.6 Å². The maximum absolute atomic E-state index is 12.9. The van der Waals surface area contributed by atoms with E-state index in [-0.39, 0.29) is 24.1 Å². The van der Waals surface area contributed by atoms with Gasteiger partial charge in [0.15, 0.2) is 17.5 Å². The average molecular weight is 260 g/mol.